The van der Waals surface area contributed by atoms with Crippen molar-refractivity contribution in [2.45, 2.75) is 24.4 Å². The maximum Gasteiger partial charge on any atom is 0.469 e. The van der Waals surface area contributed by atoms with Gasteiger partial charge in [-0.1, -0.05) is 0 Å². The monoisotopic (exact) mass is 282 g/mol. The fourth-order valence-corrected chi connectivity index (χ4v) is 1.15. The van der Waals surface area contributed by atoms with Crippen LogP contribution in [0.4, 0.5) is 0 Å². The summed E-state index contributed by atoms with van der Waals surface area (Å²) in [5, 5.41) is 27.5. The molecule has 0 aromatic carbocycles. The molecule has 0 unspecified atom stereocenters. The molecule has 0 saturated carbocycles. The molecule has 0 fully saturated rings. The SMILES string of the molecule is N[C@@H](C=O)[C@@H](O)[C@H](O)[C@H](O)COP(=O)(O)O.[Na]. The van der Waals surface area contributed by atoms with E-state index in [9.17, 15) is 19.6 Å². The van der Waals surface area contributed by atoms with Crippen LogP contribution in [0.3, 0.4) is 0 Å². The normalized spacial score (nSPS) is 18.7. The smallest absolute Gasteiger partial charge is 0.388 e. The zero-order chi connectivity index (χ0) is 12.9. The number of carbonyl (C=O) groups excluding carboxylic acids is 1. The molecule has 7 N–H and O–H groups in total. The summed E-state index contributed by atoms with van der Waals surface area (Å²) in [5.41, 5.74) is 5.05. The Labute approximate surface area is 119 Å². The van der Waals surface area contributed by atoms with Crippen molar-refractivity contribution >= 4 is 43.7 Å². The van der Waals surface area contributed by atoms with E-state index in [1.807, 2.05) is 0 Å². The number of hydrogen-bond donors (Lipinski definition) is 6. The van der Waals surface area contributed by atoms with Crippen LogP contribution in [-0.2, 0) is 13.9 Å². The summed E-state index contributed by atoms with van der Waals surface area (Å²) in [6, 6.07) is -1.42. The molecule has 0 saturated heterocycles. The van der Waals surface area contributed by atoms with Crippen molar-refractivity contribution in [2.24, 2.45) is 5.73 Å². The molecule has 9 nitrogen and oxygen atoms in total. The van der Waals surface area contributed by atoms with Crippen molar-refractivity contribution in [3.8, 4) is 0 Å². The average Bonchev–Trinajstić information content (AvgIpc) is 2.21. The minimum absolute atomic E-state index is 0. The van der Waals surface area contributed by atoms with E-state index in [1.54, 1.807) is 0 Å². The first-order chi connectivity index (χ1) is 7.19. The van der Waals surface area contributed by atoms with Gasteiger partial charge in [-0.15, -0.1) is 0 Å². The Morgan fingerprint density at radius 3 is 2.06 bits per heavy atom. The Hall–Kier alpha value is 0.620. The molecular formula is C6H14NNaO8P. The van der Waals surface area contributed by atoms with E-state index in [0.29, 0.717) is 0 Å². The molecule has 0 heterocycles. The van der Waals surface area contributed by atoms with Crippen molar-refractivity contribution < 1.29 is 39.0 Å². The number of aliphatic hydroxyl groups is 3. The zero-order valence-electron chi connectivity index (χ0n) is 9.08. The third kappa shape index (κ3) is 8.36. The second-order valence-corrected chi connectivity index (χ2v) is 4.29. The molecular weight excluding hydrogens is 268 g/mol. The molecule has 0 bridgehead atoms. The molecule has 4 atom stereocenters. The molecule has 0 aliphatic heterocycles. The molecule has 0 aromatic rings. The summed E-state index contributed by atoms with van der Waals surface area (Å²) in [4.78, 5) is 26.7. The third-order valence-corrected chi connectivity index (χ3v) is 2.19. The van der Waals surface area contributed by atoms with Gasteiger partial charge in [0.15, 0.2) is 0 Å². The van der Waals surface area contributed by atoms with Gasteiger partial charge < -0.3 is 35.6 Å². The molecule has 0 amide bonds. The van der Waals surface area contributed by atoms with Crippen LogP contribution in [0.25, 0.3) is 0 Å². The second-order valence-electron chi connectivity index (χ2n) is 3.05. The summed E-state index contributed by atoms with van der Waals surface area (Å²) < 4.78 is 14.1. The van der Waals surface area contributed by atoms with Gasteiger partial charge in [0.1, 0.15) is 24.6 Å². The average molecular weight is 282 g/mol. The maximum absolute atomic E-state index is 10.3. The van der Waals surface area contributed by atoms with E-state index >= 15 is 0 Å². The van der Waals surface area contributed by atoms with Crippen LogP contribution < -0.4 is 5.73 Å². The van der Waals surface area contributed by atoms with E-state index < -0.39 is 38.8 Å². The molecule has 17 heavy (non-hydrogen) atoms. The Morgan fingerprint density at radius 1 is 1.24 bits per heavy atom. The topological polar surface area (TPSA) is 171 Å². The molecule has 0 aromatic heterocycles. The van der Waals surface area contributed by atoms with Gasteiger partial charge in [-0.05, 0) is 0 Å². The number of rotatable bonds is 7. The van der Waals surface area contributed by atoms with Crippen LogP contribution in [0, 0.1) is 0 Å². The first-order valence-corrected chi connectivity index (χ1v) is 5.67. The van der Waals surface area contributed by atoms with E-state index in [4.69, 9.17) is 20.6 Å². The van der Waals surface area contributed by atoms with Crippen LogP contribution in [0.15, 0.2) is 0 Å². The molecule has 0 aliphatic rings. The van der Waals surface area contributed by atoms with E-state index in [-0.39, 0.29) is 35.8 Å². The minimum atomic E-state index is -4.77. The number of aliphatic hydroxyl groups excluding tert-OH is 3. The van der Waals surface area contributed by atoms with Crippen LogP contribution in [-0.4, -0.2) is 91.9 Å². The van der Waals surface area contributed by atoms with Crippen LogP contribution >= 0.6 is 7.82 Å². The largest absolute Gasteiger partial charge is 0.469 e. The first-order valence-electron chi connectivity index (χ1n) is 4.14. The summed E-state index contributed by atoms with van der Waals surface area (Å²) in [5.74, 6) is 0. The van der Waals surface area contributed by atoms with Gasteiger partial charge in [0.25, 0.3) is 0 Å². The number of phosphoric ester groups is 1. The van der Waals surface area contributed by atoms with Gasteiger partial charge in [0.2, 0.25) is 0 Å². The van der Waals surface area contributed by atoms with E-state index in [0.717, 1.165) is 0 Å². The predicted molar refractivity (Wildman–Crippen MR) is 55.8 cm³/mol. The number of phosphoric acid groups is 1. The molecule has 0 rings (SSSR count). The number of carbonyl (C=O) groups is 1. The quantitative estimate of drug-likeness (QED) is 0.156. The first kappa shape index (κ1) is 19.9. The van der Waals surface area contributed by atoms with Crippen molar-refractivity contribution in [1.82, 2.24) is 0 Å². The Morgan fingerprint density at radius 2 is 1.71 bits per heavy atom. The van der Waals surface area contributed by atoms with Gasteiger partial charge >= 0.3 is 7.82 Å². The second kappa shape index (κ2) is 8.68. The standard InChI is InChI=1S/C6H14NO8P.Na/c7-3(1-8)5(10)6(11)4(9)2-15-16(12,13)14;/h1,3-6,9-11H,2,7H2,(H2,12,13,14);/t3-,4+,5+,6+;/m0./s1. The molecule has 0 aliphatic carbocycles. The fourth-order valence-electron chi connectivity index (χ4n) is 0.808. The van der Waals surface area contributed by atoms with E-state index in [2.05, 4.69) is 4.52 Å². The zero-order valence-corrected chi connectivity index (χ0v) is 12.0. The number of hydrogen-bond acceptors (Lipinski definition) is 7. The van der Waals surface area contributed by atoms with Gasteiger partial charge in [-0.3, -0.25) is 4.52 Å². The summed E-state index contributed by atoms with van der Waals surface area (Å²) >= 11 is 0. The Bertz CT molecular complexity index is 273. The Kier molecular flexibility index (Phi) is 10.2. The fraction of sp³-hybridized carbons (Fsp3) is 0.833. The summed E-state index contributed by atoms with van der Waals surface area (Å²) in [6.45, 7) is -0.909. The third-order valence-electron chi connectivity index (χ3n) is 1.71. The van der Waals surface area contributed by atoms with Gasteiger partial charge in [0.05, 0.1) is 12.6 Å². The Balaban J connectivity index is 0. The van der Waals surface area contributed by atoms with E-state index in [1.165, 1.54) is 0 Å². The summed E-state index contributed by atoms with van der Waals surface area (Å²) in [6.07, 6.45) is -5.24. The van der Waals surface area contributed by atoms with Crippen LogP contribution in [0.1, 0.15) is 0 Å². The molecule has 97 valence electrons. The van der Waals surface area contributed by atoms with Crippen LogP contribution in [0.2, 0.25) is 0 Å². The van der Waals surface area contributed by atoms with Gasteiger partial charge in [-0.2, -0.15) is 0 Å². The minimum Gasteiger partial charge on any atom is -0.388 e. The summed E-state index contributed by atoms with van der Waals surface area (Å²) in [7, 11) is -4.77. The van der Waals surface area contributed by atoms with Crippen LogP contribution in [0.5, 0.6) is 0 Å². The van der Waals surface area contributed by atoms with Crippen molar-refractivity contribution in [3.05, 3.63) is 0 Å². The number of aldehydes is 1. The maximum atomic E-state index is 10.3. The van der Waals surface area contributed by atoms with Gasteiger partial charge in [0, 0.05) is 29.6 Å². The molecule has 1 radical (unpaired) electrons. The number of nitrogens with two attached hydrogens (primary N) is 1. The van der Waals surface area contributed by atoms with Crippen molar-refractivity contribution in [1.29, 1.82) is 0 Å². The molecule has 11 heteroatoms. The van der Waals surface area contributed by atoms with Crippen molar-refractivity contribution in [2.75, 3.05) is 6.61 Å². The predicted octanol–water partition coefficient (Wildman–Crippen LogP) is -3.68. The van der Waals surface area contributed by atoms with Crippen molar-refractivity contribution in [3.63, 3.8) is 0 Å². The van der Waals surface area contributed by atoms with Gasteiger partial charge in [-0.25, -0.2) is 4.57 Å². The molecule has 0 spiro atoms.